The average Bonchev–Trinajstić information content (AvgIpc) is 2.43. The van der Waals surface area contributed by atoms with E-state index >= 15 is 0 Å². The van der Waals surface area contributed by atoms with Crippen LogP contribution in [0.3, 0.4) is 0 Å². The molecular weight excluding hydrogens is 281 g/mol. The summed E-state index contributed by atoms with van der Waals surface area (Å²) in [6, 6.07) is 2.27. The van der Waals surface area contributed by atoms with E-state index in [9.17, 15) is 18.0 Å². The number of halogens is 3. The molecule has 0 aromatic heterocycles. The topological polar surface area (TPSA) is 44.1 Å². The molecule has 3 nitrogen and oxygen atoms in total. The van der Waals surface area contributed by atoms with E-state index in [0.717, 1.165) is 19.5 Å². The quantitative estimate of drug-likeness (QED) is 0.734. The van der Waals surface area contributed by atoms with Crippen molar-refractivity contribution in [2.75, 3.05) is 20.1 Å². The van der Waals surface area contributed by atoms with Crippen LogP contribution in [0, 0.1) is 16.7 Å². The van der Waals surface area contributed by atoms with Crippen LogP contribution in [0.25, 0.3) is 0 Å². The van der Waals surface area contributed by atoms with Gasteiger partial charge in [0.15, 0.2) is 0 Å². The molecule has 1 rings (SSSR count). The van der Waals surface area contributed by atoms with Crippen LogP contribution < -0.4 is 0 Å². The molecular formula is C15H27F3N2O. The van der Waals surface area contributed by atoms with Crippen molar-refractivity contribution >= 4 is 6.29 Å². The molecule has 0 aliphatic carbocycles. The summed E-state index contributed by atoms with van der Waals surface area (Å²) in [5, 5.41) is 8.59. The van der Waals surface area contributed by atoms with Gasteiger partial charge in [-0.1, -0.05) is 20.8 Å². The molecule has 1 aliphatic rings. The largest absolute Gasteiger partial charge is 0.389 e. The summed E-state index contributed by atoms with van der Waals surface area (Å²) in [5.74, 6) is 0. The van der Waals surface area contributed by atoms with E-state index in [1.165, 1.54) is 12.8 Å². The lowest BCUT2D eigenvalue weighted by molar-refractivity contribution is -0.139. The number of likely N-dealkylation sites (tertiary alicyclic amines) is 1. The zero-order valence-corrected chi connectivity index (χ0v) is 13.5. The van der Waals surface area contributed by atoms with Crippen LogP contribution in [0.2, 0.25) is 0 Å². The van der Waals surface area contributed by atoms with Crippen molar-refractivity contribution in [3.63, 3.8) is 0 Å². The molecule has 1 aliphatic heterocycles. The van der Waals surface area contributed by atoms with Gasteiger partial charge in [-0.15, -0.1) is 0 Å². The minimum absolute atomic E-state index is 0.257. The molecule has 0 spiro atoms. The van der Waals surface area contributed by atoms with Gasteiger partial charge < -0.3 is 9.69 Å². The normalized spacial score (nSPS) is 17.4. The highest BCUT2D eigenvalue weighted by atomic mass is 19.4. The van der Waals surface area contributed by atoms with Crippen LogP contribution in [0.5, 0.6) is 0 Å². The predicted molar refractivity (Wildman–Crippen MR) is 77.8 cm³/mol. The first-order valence-corrected chi connectivity index (χ1v) is 7.28. The van der Waals surface area contributed by atoms with Gasteiger partial charge >= 0.3 is 6.18 Å². The van der Waals surface area contributed by atoms with E-state index in [2.05, 4.69) is 24.9 Å². The summed E-state index contributed by atoms with van der Waals surface area (Å²) in [4.78, 5) is 11.7. The number of hydrogen-bond donors (Lipinski definition) is 0. The van der Waals surface area contributed by atoms with Gasteiger partial charge in [-0.2, -0.15) is 18.4 Å². The highest BCUT2D eigenvalue weighted by molar-refractivity contribution is 5.49. The Labute approximate surface area is 126 Å². The van der Waals surface area contributed by atoms with E-state index in [-0.39, 0.29) is 6.29 Å². The second-order valence-electron chi connectivity index (χ2n) is 5.27. The van der Waals surface area contributed by atoms with Crippen LogP contribution in [0.4, 0.5) is 13.2 Å². The van der Waals surface area contributed by atoms with Crippen LogP contribution in [0.1, 0.15) is 52.9 Å². The lowest BCUT2D eigenvalue weighted by Gasteiger charge is -2.36. The summed E-state index contributed by atoms with van der Waals surface area (Å²) < 4.78 is 33.3. The molecule has 6 heteroatoms. The minimum Gasteiger partial charge on any atom is -0.306 e. The summed E-state index contributed by atoms with van der Waals surface area (Å²) in [5.41, 5.74) is 0.307. The van der Waals surface area contributed by atoms with Gasteiger partial charge in [0.2, 0.25) is 0 Å². The Hall–Kier alpha value is -1.09. The Morgan fingerprint density at radius 2 is 1.76 bits per heavy atom. The molecule has 0 unspecified atom stereocenters. The van der Waals surface area contributed by atoms with Crippen molar-refractivity contribution in [1.29, 1.82) is 5.26 Å². The van der Waals surface area contributed by atoms with E-state index in [4.69, 9.17) is 5.26 Å². The first-order valence-electron chi connectivity index (χ1n) is 7.28. The van der Waals surface area contributed by atoms with Gasteiger partial charge in [0.05, 0.1) is 12.5 Å². The van der Waals surface area contributed by atoms with Gasteiger partial charge in [0, 0.05) is 12.8 Å². The van der Waals surface area contributed by atoms with Crippen molar-refractivity contribution in [2.24, 2.45) is 5.41 Å². The van der Waals surface area contributed by atoms with Gasteiger partial charge in [0.1, 0.15) is 6.29 Å². The molecule has 0 amide bonds. The molecule has 0 aromatic carbocycles. The lowest BCUT2D eigenvalue weighted by Crippen LogP contribution is -2.35. The number of piperidine rings is 1. The van der Waals surface area contributed by atoms with E-state index in [1.807, 2.05) is 13.8 Å². The van der Waals surface area contributed by atoms with Crippen LogP contribution >= 0.6 is 0 Å². The third-order valence-electron chi connectivity index (χ3n) is 3.25. The maximum atomic E-state index is 11.1. The van der Waals surface area contributed by atoms with Crippen LogP contribution in [0.15, 0.2) is 0 Å². The minimum atomic E-state index is -4.18. The molecule has 0 radical (unpaired) electrons. The predicted octanol–water partition coefficient (Wildman–Crippen LogP) is 4.19. The van der Waals surface area contributed by atoms with Gasteiger partial charge in [-0.25, -0.2) is 0 Å². The third-order valence-corrected chi connectivity index (χ3v) is 3.25. The SMILES string of the molecule is CC.CN1CCC(C)(CC#N)CC1.O=CCCC(F)(F)F. The number of nitriles is 1. The Balaban J connectivity index is 0. The van der Waals surface area contributed by atoms with Gasteiger partial charge in [0.25, 0.3) is 0 Å². The molecule has 0 saturated carbocycles. The molecule has 1 heterocycles. The fourth-order valence-electron chi connectivity index (χ4n) is 1.75. The van der Waals surface area contributed by atoms with E-state index < -0.39 is 19.0 Å². The van der Waals surface area contributed by atoms with Crippen molar-refractivity contribution in [2.45, 2.75) is 59.1 Å². The van der Waals surface area contributed by atoms with Gasteiger partial charge in [-0.05, 0) is 38.4 Å². The number of carbonyl (C=O) groups is 1. The van der Waals surface area contributed by atoms with Crippen LogP contribution in [-0.4, -0.2) is 37.5 Å². The monoisotopic (exact) mass is 308 g/mol. The highest BCUT2D eigenvalue weighted by Gasteiger charge is 2.28. The first-order chi connectivity index (χ1) is 9.72. The Morgan fingerprint density at radius 1 is 1.29 bits per heavy atom. The molecule has 0 N–H and O–H groups in total. The second-order valence-corrected chi connectivity index (χ2v) is 5.27. The summed E-state index contributed by atoms with van der Waals surface area (Å²) in [6.45, 7) is 8.53. The van der Waals surface area contributed by atoms with E-state index in [1.54, 1.807) is 0 Å². The smallest absolute Gasteiger partial charge is 0.306 e. The zero-order valence-electron chi connectivity index (χ0n) is 13.5. The molecule has 1 fully saturated rings. The Morgan fingerprint density at radius 3 is 2.05 bits per heavy atom. The maximum absolute atomic E-state index is 11.1. The molecule has 124 valence electrons. The number of rotatable bonds is 3. The fourth-order valence-corrected chi connectivity index (χ4v) is 1.75. The second kappa shape index (κ2) is 11.6. The molecule has 0 atom stereocenters. The Kier molecular flexibility index (Phi) is 12.2. The zero-order chi connectivity index (χ0) is 16.9. The van der Waals surface area contributed by atoms with Crippen LogP contribution in [-0.2, 0) is 4.79 Å². The number of alkyl halides is 3. The molecule has 1 saturated heterocycles. The third kappa shape index (κ3) is 13.6. The summed E-state index contributed by atoms with van der Waals surface area (Å²) in [6.07, 6.45) is -2.27. The molecule has 0 aromatic rings. The standard InChI is InChI=1S/C9H16N2.C4H5F3O.C2H6/c1-9(3-6-10)4-7-11(2)8-5-9;5-4(6,7)2-1-3-8;1-2/h3-5,7-8H2,1-2H3;3H,1-2H2;1-2H3. The number of hydrogen-bond acceptors (Lipinski definition) is 3. The number of aldehydes is 1. The lowest BCUT2D eigenvalue weighted by atomic mass is 9.78. The average molecular weight is 308 g/mol. The highest BCUT2D eigenvalue weighted by Crippen LogP contribution is 2.33. The first kappa shape index (κ1) is 22.2. The number of carbonyl (C=O) groups excluding carboxylic acids is 1. The molecule has 0 bridgehead atoms. The van der Waals surface area contributed by atoms with Crippen molar-refractivity contribution in [3.05, 3.63) is 0 Å². The van der Waals surface area contributed by atoms with Crippen molar-refractivity contribution < 1.29 is 18.0 Å². The van der Waals surface area contributed by atoms with E-state index in [0.29, 0.717) is 5.41 Å². The van der Waals surface area contributed by atoms with Crippen molar-refractivity contribution in [3.8, 4) is 6.07 Å². The maximum Gasteiger partial charge on any atom is 0.389 e. The Bertz CT molecular complexity index is 303. The summed E-state index contributed by atoms with van der Waals surface area (Å²) >= 11 is 0. The number of nitrogens with zero attached hydrogens (tertiary/aromatic N) is 2. The van der Waals surface area contributed by atoms with Gasteiger partial charge in [-0.3, -0.25) is 0 Å². The fraction of sp³-hybridized carbons (Fsp3) is 0.867. The van der Waals surface area contributed by atoms with Crippen molar-refractivity contribution in [1.82, 2.24) is 4.90 Å². The molecule has 21 heavy (non-hydrogen) atoms. The summed E-state index contributed by atoms with van der Waals surface area (Å²) in [7, 11) is 2.14.